The van der Waals surface area contributed by atoms with Gasteiger partial charge in [0.05, 0.1) is 0 Å². The first-order valence-electron chi connectivity index (χ1n) is 7.23. The lowest BCUT2D eigenvalue weighted by Gasteiger charge is -2.12. The van der Waals surface area contributed by atoms with Gasteiger partial charge >= 0.3 is 0 Å². The molecule has 2 aromatic carbocycles. The van der Waals surface area contributed by atoms with Crippen molar-refractivity contribution in [2.75, 3.05) is 19.0 Å². The second-order valence-corrected chi connectivity index (χ2v) is 5.78. The highest BCUT2D eigenvalue weighted by Gasteiger charge is 2.13. The van der Waals surface area contributed by atoms with Crippen molar-refractivity contribution in [2.24, 2.45) is 7.05 Å². The summed E-state index contributed by atoms with van der Waals surface area (Å²) < 4.78 is 2.26. The van der Waals surface area contributed by atoms with Crippen LogP contribution < -0.4 is 21.9 Å². The van der Waals surface area contributed by atoms with Gasteiger partial charge in [0, 0.05) is 42.9 Å². The number of anilines is 1. The molecule has 0 aliphatic rings. The molecule has 1 heterocycles. The third-order valence-electron chi connectivity index (χ3n) is 4.01. The van der Waals surface area contributed by atoms with Crippen molar-refractivity contribution in [1.29, 1.82) is 0 Å². The minimum atomic E-state index is 0. The number of aromatic nitrogens is 1. The predicted octanol–water partition coefficient (Wildman–Crippen LogP) is 0.710. The molecule has 0 spiro atoms. The molecule has 0 aliphatic carbocycles. The van der Waals surface area contributed by atoms with E-state index in [2.05, 4.69) is 92.1 Å². The molecule has 3 rings (SSSR count). The average molecular weight is 313 g/mol. The van der Waals surface area contributed by atoms with Crippen molar-refractivity contribution in [1.82, 2.24) is 0 Å². The normalized spacial score (nSPS) is 10.4. The first-order valence-corrected chi connectivity index (χ1v) is 7.23. The van der Waals surface area contributed by atoms with Crippen LogP contribution in [0.3, 0.4) is 0 Å². The molecular weight excluding hydrogens is 292 g/mol. The summed E-state index contributed by atoms with van der Waals surface area (Å²) in [5.41, 5.74) is 6.25. The van der Waals surface area contributed by atoms with Gasteiger partial charge in [-0.05, 0) is 43.3 Å². The minimum absolute atomic E-state index is 0. The fourth-order valence-electron chi connectivity index (χ4n) is 2.74. The Balaban J connectivity index is 0.00000176. The number of pyridine rings is 1. The van der Waals surface area contributed by atoms with Gasteiger partial charge in [-0.3, -0.25) is 0 Å². The summed E-state index contributed by atoms with van der Waals surface area (Å²) in [5.74, 6) is 0. The summed E-state index contributed by atoms with van der Waals surface area (Å²) in [6.45, 7) is 2.13. The second-order valence-electron chi connectivity index (χ2n) is 5.78. The Morgan fingerprint density at radius 3 is 2.18 bits per heavy atom. The van der Waals surface area contributed by atoms with Crippen LogP contribution in [0.2, 0.25) is 0 Å². The zero-order chi connectivity index (χ0) is 15.0. The van der Waals surface area contributed by atoms with Crippen molar-refractivity contribution in [3.8, 4) is 11.3 Å². The highest BCUT2D eigenvalue weighted by atomic mass is 35.5. The van der Waals surface area contributed by atoms with E-state index in [-0.39, 0.29) is 12.4 Å². The zero-order valence-corrected chi connectivity index (χ0v) is 14.2. The minimum Gasteiger partial charge on any atom is -1.00 e. The number of aryl methyl sites for hydroxylation is 2. The number of fused-ring (bicyclic) bond motifs is 1. The summed E-state index contributed by atoms with van der Waals surface area (Å²) in [5, 5.41) is 1.28. The van der Waals surface area contributed by atoms with E-state index in [9.17, 15) is 0 Å². The molecule has 0 saturated carbocycles. The van der Waals surface area contributed by atoms with Gasteiger partial charge in [0.25, 0.3) is 0 Å². The predicted molar refractivity (Wildman–Crippen MR) is 89.6 cm³/mol. The summed E-state index contributed by atoms with van der Waals surface area (Å²) in [4.78, 5) is 2.12. The van der Waals surface area contributed by atoms with Gasteiger partial charge in [-0.15, -0.1) is 0 Å². The van der Waals surface area contributed by atoms with Gasteiger partial charge < -0.3 is 17.3 Å². The maximum Gasteiger partial charge on any atom is 0.212 e. The Bertz CT molecular complexity index is 792. The smallest absolute Gasteiger partial charge is 0.212 e. The lowest BCUT2D eigenvalue weighted by Crippen LogP contribution is -3.00. The quantitative estimate of drug-likeness (QED) is 0.632. The highest BCUT2D eigenvalue weighted by molar-refractivity contribution is 5.78. The number of hydrogen-bond donors (Lipinski definition) is 0. The fourth-order valence-corrected chi connectivity index (χ4v) is 2.74. The summed E-state index contributed by atoms with van der Waals surface area (Å²) in [6.07, 6.45) is 0. The molecule has 3 aromatic rings. The third-order valence-corrected chi connectivity index (χ3v) is 4.01. The maximum atomic E-state index is 2.26. The molecule has 0 bridgehead atoms. The van der Waals surface area contributed by atoms with Crippen molar-refractivity contribution in [3.63, 3.8) is 0 Å². The molecule has 22 heavy (non-hydrogen) atoms. The summed E-state index contributed by atoms with van der Waals surface area (Å²) in [7, 11) is 6.26. The van der Waals surface area contributed by atoms with Gasteiger partial charge in [-0.1, -0.05) is 11.6 Å². The van der Waals surface area contributed by atoms with Crippen LogP contribution in [0.1, 0.15) is 5.56 Å². The van der Waals surface area contributed by atoms with Crippen LogP contribution in [0.5, 0.6) is 0 Å². The Hall–Kier alpha value is -2.06. The molecular formula is C19H21ClN2. The summed E-state index contributed by atoms with van der Waals surface area (Å²) >= 11 is 0. The van der Waals surface area contributed by atoms with E-state index in [1.165, 1.54) is 33.4 Å². The van der Waals surface area contributed by atoms with Crippen LogP contribution in [0, 0.1) is 6.92 Å². The molecule has 0 atom stereocenters. The maximum absolute atomic E-state index is 2.26. The van der Waals surface area contributed by atoms with Crippen LogP contribution in [-0.2, 0) is 7.05 Å². The van der Waals surface area contributed by atoms with Crippen LogP contribution >= 0.6 is 0 Å². The van der Waals surface area contributed by atoms with Gasteiger partial charge in [0.1, 0.15) is 7.05 Å². The van der Waals surface area contributed by atoms with E-state index >= 15 is 0 Å². The Labute approximate surface area is 138 Å². The van der Waals surface area contributed by atoms with Crippen molar-refractivity contribution >= 4 is 16.6 Å². The number of halogens is 1. The Morgan fingerprint density at radius 1 is 0.864 bits per heavy atom. The molecule has 0 fully saturated rings. The molecule has 114 valence electrons. The number of rotatable bonds is 2. The van der Waals surface area contributed by atoms with E-state index in [4.69, 9.17) is 0 Å². The number of hydrogen-bond acceptors (Lipinski definition) is 1. The SMILES string of the molecule is Cc1ccc2c(ccc(-c3ccc(N(C)C)cc3)[n+]2C)c1.[Cl-]. The van der Waals surface area contributed by atoms with E-state index < -0.39 is 0 Å². The van der Waals surface area contributed by atoms with Crippen LogP contribution in [0.25, 0.3) is 22.2 Å². The molecule has 0 amide bonds. The molecule has 1 aromatic heterocycles. The average Bonchev–Trinajstić information content (AvgIpc) is 2.47. The van der Waals surface area contributed by atoms with Gasteiger partial charge in [0.2, 0.25) is 11.2 Å². The van der Waals surface area contributed by atoms with Crippen molar-refractivity contribution in [3.05, 3.63) is 60.2 Å². The lowest BCUT2D eigenvalue weighted by atomic mass is 10.1. The van der Waals surface area contributed by atoms with E-state index in [0.717, 1.165) is 0 Å². The molecule has 3 heteroatoms. The van der Waals surface area contributed by atoms with E-state index in [0.29, 0.717) is 0 Å². The van der Waals surface area contributed by atoms with Crippen molar-refractivity contribution in [2.45, 2.75) is 6.92 Å². The van der Waals surface area contributed by atoms with E-state index in [1.54, 1.807) is 0 Å². The zero-order valence-electron chi connectivity index (χ0n) is 13.5. The largest absolute Gasteiger partial charge is 1.00 e. The van der Waals surface area contributed by atoms with Gasteiger partial charge in [-0.25, -0.2) is 0 Å². The third kappa shape index (κ3) is 2.93. The monoisotopic (exact) mass is 312 g/mol. The fraction of sp³-hybridized carbons (Fsp3) is 0.211. The standard InChI is InChI=1S/C19H21N2.ClH/c1-14-5-11-19-16(13-14)8-12-18(21(19)4)15-6-9-17(10-7-15)20(2)3;/h5-13H,1-4H3;1H/q+1;/p-1. The molecule has 0 unspecified atom stereocenters. The number of nitrogens with zero attached hydrogens (tertiary/aromatic N) is 2. The lowest BCUT2D eigenvalue weighted by molar-refractivity contribution is -0.633. The highest BCUT2D eigenvalue weighted by Crippen LogP contribution is 2.22. The Kier molecular flexibility index (Phi) is 4.72. The first kappa shape index (κ1) is 16.3. The summed E-state index contributed by atoms with van der Waals surface area (Å²) in [6, 6.07) is 19.7. The Morgan fingerprint density at radius 2 is 1.55 bits per heavy atom. The number of benzene rings is 2. The molecule has 0 aliphatic heterocycles. The molecule has 0 radical (unpaired) electrons. The molecule has 0 N–H and O–H groups in total. The second kappa shape index (κ2) is 6.37. The molecule has 2 nitrogen and oxygen atoms in total. The topological polar surface area (TPSA) is 7.12 Å². The van der Waals surface area contributed by atoms with E-state index in [1.807, 2.05) is 0 Å². The van der Waals surface area contributed by atoms with Gasteiger partial charge in [0.15, 0.2) is 0 Å². The first-order chi connectivity index (χ1) is 10.1. The molecule has 0 saturated heterocycles. The van der Waals surface area contributed by atoms with Crippen LogP contribution in [0.15, 0.2) is 54.6 Å². The van der Waals surface area contributed by atoms with Crippen LogP contribution in [0.4, 0.5) is 5.69 Å². The van der Waals surface area contributed by atoms with Crippen molar-refractivity contribution < 1.29 is 17.0 Å². The van der Waals surface area contributed by atoms with Gasteiger partial charge in [-0.2, -0.15) is 4.57 Å². The van der Waals surface area contributed by atoms with Crippen LogP contribution in [-0.4, -0.2) is 14.1 Å².